The fourth-order valence-corrected chi connectivity index (χ4v) is 3.24. The summed E-state index contributed by atoms with van der Waals surface area (Å²) in [4.78, 5) is 29.4. The predicted octanol–water partition coefficient (Wildman–Crippen LogP) is 2.86. The summed E-state index contributed by atoms with van der Waals surface area (Å²) in [7, 11) is 1.78. The molecule has 1 aliphatic rings. The van der Waals surface area contributed by atoms with Gasteiger partial charge in [-0.3, -0.25) is 9.79 Å². The molecule has 1 aliphatic heterocycles. The lowest BCUT2D eigenvalue weighted by Gasteiger charge is -2.36. The van der Waals surface area contributed by atoms with E-state index >= 15 is 0 Å². The SMILES string of the molecule is CN=C(NCCCC(=O)Nc1ccc(Cl)cc1)N1CCN(c2ncccn2)CC1.I. The van der Waals surface area contributed by atoms with E-state index in [2.05, 4.69) is 35.4 Å². The van der Waals surface area contributed by atoms with Crippen molar-refractivity contribution < 1.29 is 4.79 Å². The van der Waals surface area contributed by atoms with Gasteiger partial charge in [0.15, 0.2) is 5.96 Å². The molecule has 0 atom stereocenters. The van der Waals surface area contributed by atoms with Gasteiger partial charge in [0.05, 0.1) is 0 Å². The maximum atomic E-state index is 12.1. The minimum Gasteiger partial charge on any atom is -0.356 e. The van der Waals surface area contributed by atoms with Gasteiger partial charge in [0, 0.05) is 69.3 Å². The van der Waals surface area contributed by atoms with Gasteiger partial charge in [-0.2, -0.15) is 0 Å². The van der Waals surface area contributed by atoms with E-state index in [1.165, 1.54) is 0 Å². The Morgan fingerprint density at radius 2 is 1.80 bits per heavy atom. The highest BCUT2D eigenvalue weighted by Crippen LogP contribution is 2.14. The zero-order chi connectivity index (χ0) is 20.5. The van der Waals surface area contributed by atoms with Crippen molar-refractivity contribution in [2.45, 2.75) is 12.8 Å². The number of anilines is 2. The molecule has 0 unspecified atom stereocenters. The lowest BCUT2D eigenvalue weighted by molar-refractivity contribution is -0.116. The first-order chi connectivity index (χ1) is 14.2. The number of hydrogen-bond acceptors (Lipinski definition) is 5. The first-order valence-corrected chi connectivity index (χ1v) is 10.1. The molecule has 0 spiro atoms. The molecule has 2 N–H and O–H groups in total. The molecule has 1 saturated heterocycles. The summed E-state index contributed by atoms with van der Waals surface area (Å²) in [6, 6.07) is 8.92. The average Bonchev–Trinajstić information content (AvgIpc) is 2.76. The first-order valence-electron chi connectivity index (χ1n) is 9.68. The molecule has 1 aromatic heterocycles. The summed E-state index contributed by atoms with van der Waals surface area (Å²) in [6.07, 6.45) is 4.68. The third kappa shape index (κ3) is 7.28. The second-order valence-electron chi connectivity index (χ2n) is 6.66. The number of rotatable bonds is 6. The zero-order valence-corrected chi connectivity index (χ0v) is 20.0. The average molecular weight is 544 g/mol. The number of piperazine rings is 1. The highest BCUT2D eigenvalue weighted by atomic mass is 127. The second-order valence-corrected chi connectivity index (χ2v) is 7.09. The molecule has 10 heteroatoms. The Morgan fingerprint density at radius 1 is 1.13 bits per heavy atom. The van der Waals surface area contributed by atoms with E-state index in [4.69, 9.17) is 11.6 Å². The van der Waals surface area contributed by atoms with Crippen LogP contribution in [0.1, 0.15) is 12.8 Å². The molecule has 1 fully saturated rings. The smallest absolute Gasteiger partial charge is 0.225 e. The van der Waals surface area contributed by atoms with Gasteiger partial charge in [-0.05, 0) is 36.8 Å². The standard InChI is InChI=1S/C20H26ClN7O.HI/c1-22-19(27-12-14-28(15-13-27)20-24-10-3-11-25-20)23-9-2-4-18(29)26-17-7-5-16(21)6-8-17;/h3,5-8,10-11H,2,4,9,12-15H2,1H3,(H,22,23)(H,26,29);1H. The Balaban J connectivity index is 0.00000320. The molecule has 0 saturated carbocycles. The van der Waals surface area contributed by atoms with Crippen molar-refractivity contribution in [3.05, 3.63) is 47.7 Å². The van der Waals surface area contributed by atoms with Crippen LogP contribution in [0.5, 0.6) is 0 Å². The van der Waals surface area contributed by atoms with Crippen molar-refractivity contribution in [1.29, 1.82) is 0 Å². The van der Waals surface area contributed by atoms with Crippen LogP contribution in [0, 0.1) is 0 Å². The number of halogens is 2. The van der Waals surface area contributed by atoms with Gasteiger partial charge in [-0.15, -0.1) is 24.0 Å². The number of guanidine groups is 1. The number of aliphatic imine (C=N–C) groups is 1. The van der Waals surface area contributed by atoms with Crippen molar-refractivity contribution in [3.63, 3.8) is 0 Å². The van der Waals surface area contributed by atoms with Crippen LogP contribution in [-0.4, -0.2) is 66.5 Å². The van der Waals surface area contributed by atoms with Gasteiger partial charge >= 0.3 is 0 Å². The number of carbonyl (C=O) groups excluding carboxylic acids is 1. The first kappa shape index (κ1) is 24.1. The third-order valence-corrected chi connectivity index (χ3v) is 4.87. The van der Waals surface area contributed by atoms with E-state index in [1.54, 1.807) is 43.7 Å². The number of aromatic nitrogens is 2. The fraction of sp³-hybridized carbons (Fsp3) is 0.400. The minimum atomic E-state index is -0.0133. The molecule has 30 heavy (non-hydrogen) atoms. The van der Waals surface area contributed by atoms with Crippen LogP contribution in [0.25, 0.3) is 0 Å². The second kappa shape index (κ2) is 12.5. The Hall–Kier alpha value is -2.14. The van der Waals surface area contributed by atoms with Crippen LogP contribution < -0.4 is 15.5 Å². The molecule has 162 valence electrons. The number of amides is 1. The molecule has 1 amide bonds. The maximum absolute atomic E-state index is 12.1. The van der Waals surface area contributed by atoms with Crippen molar-refractivity contribution in [2.24, 2.45) is 4.99 Å². The van der Waals surface area contributed by atoms with Crippen LogP contribution in [-0.2, 0) is 4.79 Å². The number of nitrogens with zero attached hydrogens (tertiary/aromatic N) is 5. The molecule has 0 bridgehead atoms. The number of hydrogen-bond donors (Lipinski definition) is 2. The monoisotopic (exact) mass is 543 g/mol. The lowest BCUT2D eigenvalue weighted by atomic mass is 10.2. The van der Waals surface area contributed by atoms with Crippen molar-refractivity contribution in [3.8, 4) is 0 Å². The van der Waals surface area contributed by atoms with Gasteiger partial charge in [-0.1, -0.05) is 11.6 Å². The summed E-state index contributed by atoms with van der Waals surface area (Å²) in [6.45, 7) is 4.05. The minimum absolute atomic E-state index is 0. The van der Waals surface area contributed by atoms with Crippen LogP contribution in [0.4, 0.5) is 11.6 Å². The summed E-state index contributed by atoms with van der Waals surface area (Å²) < 4.78 is 0. The molecule has 3 rings (SSSR count). The van der Waals surface area contributed by atoms with Gasteiger partial charge in [0.25, 0.3) is 0 Å². The summed E-state index contributed by atoms with van der Waals surface area (Å²) in [5.41, 5.74) is 0.753. The normalized spacial score (nSPS) is 14.1. The van der Waals surface area contributed by atoms with Crippen molar-refractivity contribution in [1.82, 2.24) is 20.2 Å². The summed E-state index contributed by atoms with van der Waals surface area (Å²) in [5.74, 6) is 1.61. The lowest BCUT2D eigenvalue weighted by Crippen LogP contribution is -2.53. The Labute approximate surface area is 199 Å². The van der Waals surface area contributed by atoms with Crippen LogP contribution >= 0.6 is 35.6 Å². The van der Waals surface area contributed by atoms with E-state index in [0.717, 1.165) is 50.2 Å². The van der Waals surface area contributed by atoms with Crippen LogP contribution in [0.15, 0.2) is 47.7 Å². The van der Waals surface area contributed by atoms with Crippen LogP contribution in [0.2, 0.25) is 5.02 Å². The number of benzene rings is 1. The summed E-state index contributed by atoms with van der Waals surface area (Å²) in [5, 5.41) is 6.87. The highest BCUT2D eigenvalue weighted by Gasteiger charge is 2.20. The topological polar surface area (TPSA) is 85.8 Å². The van der Waals surface area contributed by atoms with Crippen molar-refractivity contribution in [2.75, 3.05) is 50.0 Å². The molecule has 1 aromatic carbocycles. The Morgan fingerprint density at radius 3 is 2.43 bits per heavy atom. The van der Waals surface area contributed by atoms with E-state index in [9.17, 15) is 4.79 Å². The van der Waals surface area contributed by atoms with Gasteiger partial charge in [-0.25, -0.2) is 9.97 Å². The molecule has 8 nitrogen and oxygen atoms in total. The third-order valence-electron chi connectivity index (χ3n) is 4.62. The van der Waals surface area contributed by atoms with Crippen molar-refractivity contribution >= 4 is 59.1 Å². The quantitative estimate of drug-likeness (QED) is 0.252. The number of nitrogens with one attached hydrogen (secondary N) is 2. The zero-order valence-electron chi connectivity index (χ0n) is 16.9. The van der Waals surface area contributed by atoms with E-state index in [-0.39, 0.29) is 29.9 Å². The van der Waals surface area contributed by atoms with E-state index < -0.39 is 0 Å². The molecule has 0 radical (unpaired) electrons. The van der Waals surface area contributed by atoms with E-state index in [0.29, 0.717) is 18.0 Å². The molecule has 2 heterocycles. The van der Waals surface area contributed by atoms with E-state index in [1.807, 2.05) is 6.07 Å². The predicted molar refractivity (Wildman–Crippen MR) is 132 cm³/mol. The van der Waals surface area contributed by atoms with Gasteiger partial charge in [0.2, 0.25) is 11.9 Å². The Kier molecular flexibility index (Phi) is 10.1. The molecular formula is C20H27ClIN7O. The molecular weight excluding hydrogens is 517 g/mol. The number of carbonyl (C=O) groups is 1. The fourth-order valence-electron chi connectivity index (χ4n) is 3.11. The summed E-state index contributed by atoms with van der Waals surface area (Å²) >= 11 is 5.85. The van der Waals surface area contributed by atoms with Gasteiger partial charge < -0.3 is 20.4 Å². The Bertz CT molecular complexity index is 812. The van der Waals surface area contributed by atoms with Crippen LogP contribution in [0.3, 0.4) is 0 Å². The largest absolute Gasteiger partial charge is 0.356 e. The molecule has 2 aromatic rings. The highest BCUT2D eigenvalue weighted by molar-refractivity contribution is 14.0. The maximum Gasteiger partial charge on any atom is 0.225 e. The molecule has 0 aliphatic carbocycles. The van der Waals surface area contributed by atoms with Gasteiger partial charge in [0.1, 0.15) is 0 Å².